The van der Waals surface area contributed by atoms with Crippen molar-refractivity contribution in [2.45, 2.75) is 25.7 Å². The minimum Gasteiger partial charge on any atom is -0.496 e. The van der Waals surface area contributed by atoms with Crippen molar-refractivity contribution in [1.82, 2.24) is 0 Å². The summed E-state index contributed by atoms with van der Waals surface area (Å²) in [5.74, 6) is 1.60. The van der Waals surface area contributed by atoms with E-state index in [1.54, 1.807) is 7.11 Å². The predicted molar refractivity (Wildman–Crippen MR) is 78.9 cm³/mol. The monoisotopic (exact) mass is 262 g/mol. The fourth-order valence-corrected chi connectivity index (χ4v) is 2.88. The van der Waals surface area contributed by atoms with Crippen molar-refractivity contribution in [3.8, 4) is 5.75 Å². The Bertz CT molecular complexity index is 546. The third-order valence-corrected chi connectivity index (χ3v) is 3.74. The summed E-state index contributed by atoms with van der Waals surface area (Å²) in [5.41, 5.74) is 1.41. The van der Waals surface area contributed by atoms with E-state index in [2.05, 4.69) is 38.1 Å². The van der Waals surface area contributed by atoms with Gasteiger partial charge in [-0.25, -0.2) is 0 Å². The third kappa shape index (κ3) is 2.32. The summed E-state index contributed by atoms with van der Waals surface area (Å²) in [6.07, 6.45) is 0.963. The molecule has 0 atom stereocenters. The Morgan fingerprint density at radius 3 is 2.33 bits per heavy atom. The van der Waals surface area contributed by atoms with Crippen molar-refractivity contribution in [2.24, 2.45) is 0 Å². The number of benzene rings is 2. The predicted octanol–water partition coefficient (Wildman–Crippen LogP) is 4.75. The van der Waals surface area contributed by atoms with Crippen molar-refractivity contribution in [2.75, 3.05) is 13.0 Å². The first-order valence-electron chi connectivity index (χ1n) is 6.22. The molecule has 2 aromatic rings. The molecular weight excluding hydrogens is 244 g/mol. The van der Waals surface area contributed by atoms with E-state index in [1.165, 1.54) is 16.3 Å². The molecule has 0 N–H and O–H groups in total. The maximum Gasteiger partial charge on any atom is 0.126 e. The Balaban J connectivity index is 2.66. The number of hydrogen-bond donors (Lipinski definition) is 0. The largest absolute Gasteiger partial charge is 0.496 e. The molecule has 0 radical (unpaired) electrons. The Kier molecular flexibility index (Phi) is 3.82. The topological polar surface area (TPSA) is 9.23 Å². The van der Waals surface area contributed by atoms with Crippen molar-refractivity contribution in [3.05, 3.63) is 42.0 Å². The standard InChI is InChI=1S/C16H19ClO/c1-16(2,10-11-17)14-8-9-15(18-3)13-7-5-4-6-12(13)14/h4-9H,10-11H2,1-3H3. The van der Waals surface area contributed by atoms with Crippen LogP contribution in [-0.2, 0) is 5.41 Å². The van der Waals surface area contributed by atoms with E-state index in [9.17, 15) is 0 Å². The molecule has 0 amide bonds. The highest BCUT2D eigenvalue weighted by molar-refractivity contribution is 6.17. The minimum absolute atomic E-state index is 0.0770. The number of halogens is 1. The van der Waals surface area contributed by atoms with Gasteiger partial charge in [0, 0.05) is 11.3 Å². The third-order valence-electron chi connectivity index (χ3n) is 3.55. The second kappa shape index (κ2) is 5.19. The SMILES string of the molecule is COc1ccc(C(C)(C)CCCl)c2ccccc12. The van der Waals surface area contributed by atoms with Gasteiger partial charge in [-0.05, 0) is 28.9 Å². The van der Waals surface area contributed by atoms with Crippen LogP contribution in [0.3, 0.4) is 0 Å². The van der Waals surface area contributed by atoms with E-state index in [-0.39, 0.29) is 5.41 Å². The van der Waals surface area contributed by atoms with Gasteiger partial charge in [0.25, 0.3) is 0 Å². The molecule has 2 heteroatoms. The first-order chi connectivity index (χ1) is 8.60. The molecule has 2 aromatic carbocycles. The summed E-state index contributed by atoms with van der Waals surface area (Å²) in [7, 11) is 1.71. The maximum atomic E-state index is 5.92. The lowest BCUT2D eigenvalue weighted by Crippen LogP contribution is -2.18. The minimum atomic E-state index is 0.0770. The molecule has 0 unspecified atom stereocenters. The van der Waals surface area contributed by atoms with Crippen LogP contribution < -0.4 is 4.74 Å². The molecule has 0 aliphatic rings. The van der Waals surface area contributed by atoms with Crippen LogP contribution in [0, 0.1) is 0 Å². The average Bonchev–Trinajstić information content (AvgIpc) is 2.37. The van der Waals surface area contributed by atoms with Gasteiger partial charge in [-0.1, -0.05) is 44.2 Å². The van der Waals surface area contributed by atoms with Crippen molar-refractivity contribution < 1.29 is 4.74 Å². The van der Waals surface area contributed by atoms with Crippen LogP contribution in [0.25, 0.3) is 10.8 Å². The molecule has 0 saturated heterocycles. The molecule has 0 aromatic heterocycles. The van der Waals surface area contributed by atoms with Gasteiger partial charge >= 0.3 is 0 Å². The second-order valence-corrected chi connectivity index (χ2v) is 5.56. The van der Waals surface area contributed by atoms with Gasteiger partial charge in [-0.3, -0.25) is 0 Å². The molecule has 0 saturated carbocycles. The van der Waals surface area contributed by atoms with Crippen molar-refractivity contribution in [1.29, 1.82) is 0 Å². The zero-order chi connectivity index (χ0) is 13.2. The van der Waals surface area contributed by atoms with Crippen LogP contribution in [0.4, 0.5) is 0 Å². The molecule has 0 bridgehead atoms. The zero-order valence-electron chi connectivity index (χ0n) is 11.2. The van der Waals surface area contributed by atoms with Gasteiger partial charge in [0.1, 0.15) is 5.75 Å². The number of alkyl halides is 1. The molecule has 0 spiro atoms. The molecule has 0 heterocycles. The average molecular weight is 263 g/mol. The lowest BCUT2D eigenvalue weighted by Gasteiger charge is -2.26. The fourth-order valence-electron chi connectivity index (χ4n) is 2.41. The molecule has 96 valence electrons. The van der Waals surface area contributed by atoms with Gasteiger partial charge in [-0.15, -0.1) is 11.6 Å². The number of ether oxygens (including phenoxy) is 1. The lowest BCUT2D eigenvalue weighted by atomic mass is 9.79. The van der Waals surface area contributed by atoms with E-state index < -0.39 is 0 Å². The summed E-state index contributed by atoms with van der Waals surface area (Å²) >= 11 is 5.92. The number of rotatable bonds is 4. The second-order valence-electron chi connectivity index (χ2n) is 5.18. The Labute approximate surface area is 114 Å². The van der Waals surface area contributed by atoms with Gasteiger partial charge in [0.2, 0.25) is 0 Å². The van der Waals surface area contributed by atoms with Gasteiger partial charge in [0.05, 0.1) is 7.11 Å². The van der Waals surface area contributed by atoms with Gasteiger partial charge in [0.15, 0.2) is 0 Å². The van der Waals surface area contributed by atoms with Crippen LogP contribution in [-0.4, -0.2) is 13.0 Å². The van der Waals surface area contributed by atoms with E-state index >= 15 is 0 Å². The Hall–Kier alpha value is -1.21. The van der Waals surface area contributed by atoms with Crippen LogP contribution in [0.2, 0.25) is 0 Å². The highest BCUT2D eigenvalue weighted by Crippen LogP contribution is 2.36. The summed E-state index contributed by atoms with van der Waals surface area (Å²) in [4.78, 5) is 0. The fraction of sp³-hybridized carbons (Fsp3) is 0.375. The quantitative estimate of drug-likeness (QED) is 0.722. The number of methoxy groups -OCH3 is 1. The summed E-state index contributed by atoms with van der Waals surface area (Å²) in [6, 6.07) is 12.6. The maximum absolute atomic E-state index is 5.92. The summed E-state index contributed by atoms with van der Waals surface area (Å²) in [5, 5.41) is 2.42. The highest BCUT2D eigenvalue weighted by Gasteiger charge is 2.22. The van der Waals surface area contributed by atoms with Crippen LogP contribution in [0.5, 0.6) is 5.75 Å². The highest BCUT2D eigenvalue weighted by atomic mass is 35.5. The van der Waals surface area contributed by atoms with Crippen LogP contribution in [0.15, 0.2) is 36.4 Å². The van der Waals surface area contributed by atoms with Crippen molar-refractivity contribution >= 4 is 22.4 Å². The molecule has 0 fully saturated rings. The lowest BCUT2D eigenvalue weighted by molar-refractivity contribution is 0.419. The van der Waals surface area contributed by atoms with Gasteiger partial charge in [-0.2, -0.15) is 0 Å². The first kappa shape index (κ1) is 13.2. The number of hydrogen-bond acceptors (Lipinski definition) is 1. The molecule has 2 rings (SSSR count). The van der Waals surface area contributed by atoms with Crippen molar-refractivity contribution in [3.63, 3.8) is 0 Å². The van der Waals surface area contributed by atoms with E-state index in [4.69, 9.17) is 16.3 Å². The summed E-state index contributed by atoms with van der Waals surface area (Å²) in [6.45, 7) is 4.48. The van der Waals surface area contributed by atoms with Crippen LogP contribution in [0.1, 0.15) is 25.8 Å². The first-order valence-corrected chi connectivity index (χ1v) is 6.76. The molecular formula is C16H19ClO. The summed E-state index contributed by atoms with van der Waals surface area (Å²) < 4.78 is 5.43. The van der Waals surface area contributed by atoms with E-state index in [0.717, 1.165) is 12.2 Å². The van der Waals surface area contributed by atoms with Crippen LogP contribution >= 0.6 is 11.6 Å². The normalized spacial score (nSPS) is 11.8. The molecule has 1 nitrogen and oxygen atoms in total. The van der Waals surface area contributed by atoms with E-state index in [0.29, 0.717) is 5.88 Å². The van der Waals surface area contributed by atoms with E-state index in [1.807, 2.05) is 12.1 Å². The molecule has 0 aliphatic carbocycles. The smallest absolute Gasteiger partial charge is 0.126 e. The van der Waals surface area contributed by atoms with Gasteiger partial charge < -0.3 is 4.74 Å². The Morgan fingerprint density at radius 2 is 1.72 bits per heavy atom. The molecule has 0 aliphatic heterocycles. The number of fused-ring (bicyclic) bond motifs is 1. The zero-order valence-corrected chi connectivity index (χ0v) is 11.9. The molecule has 18 heavy (non-hydrogen) atoms. The Morgan fingerprint density at radius 1 is 1.06 bits per heavy atom.